The largest absolute Gasteiger partial charge is 0.322 e. The van der Waals surface area contributed by atoms with E-state index in [2.05, 4.69) is 10.3 Å². The molecule has 0 saturated carbocycles. The van der Waals surface area contributed by atoms with E-state index in [1.807, 2.05) is 6.92 Å². The van der Waals surface area contributed by atoms with Crippen LogP contribution in [0.3, 0.4) is 0 Å². The third kappa shape index (κ3) is 2.40. The lowest BCUT2D eigenvalue weighted by Gasteiger charge is -2.07. The van der Waals surface area contributed by atoms with Crippen molar-refractivity contribution in [3.05, 3.63) is 23.0 Å². The first kappa shape index (κ1) is 9.95. The van der Waals surface area contributed by atoms with Crippen LogP contribution in [0.4, 0.5) is 5.69 Å². The minimum absolute atomic E-state index is 0.0648. The number of hydrogen-bond acceptors (Lipinski definition) is 3. The van der Waals surface area contributed by atoms with Gasteiger partial charge in [-0.15, -0.1) is 0 Å². The van der Waals surface area contributed by atoms with E-state index < -0.39 is 0 Å². The Morgan fingerprint density at radius 3 is 3.00 bits per heavy atom. The molecule has 0 spiro atoms. The zero-order valence-electron chi connectivity index (χ0n) is 7.17. The highest BCUT2D eigenvalue weighted by Crippen LogP contribution is 2.22. The molecule has 1 heterocycles. The van der Waals surface area contributed by atoms with Gasteiger partial charge in [-0.1, -0.05) is 11.6 Å². The second-order valence-corrected chi connectivity index (χ2v) is 2.90. The molecule has 0 fully saturated rings. The Morgan fingerprint density at radius 1 is 1.77 bits per heavy atom. The Bertz CT molecular complexity index is 307. The predicted molar refractivity (Wildman–Crippen MR) is 51.7 cm³/mol. The number of halogens is 1. The highest BCUT2D eigenvalue weighted by molar-refractivity contribution is 6.32. The Labute approximate surface area is 81.1 Å². The van der Waals surface area contributed by atoms with Crippen molar-refractivity contribution in [3.8, 4) is 0 Å². The minimum Gasteiger partial charge on any atom is -0.322 e. The molecule has 70 valence electrons. The molecule has 1 aromatic heterocycles. The Kier molecular flexibility index (Phi) is 3.22. The van der Waals surface area contributed by atoms with E-state index in [0.29, 0.717) is 5.69 Å². The summed E-state index contributed by atoms with van der Waals surface area (Å²) in [4.78, 5) is 14.8. The minimum atomic E-state index is -0.280. The Hall–Kier alpha value is -1.13. The van der Waals surface area contributed by atoms with E-state index in [0.717, 1.165) is 5.56 Å². The van der Waals surface area contributed by atoms with E-state index in [9.17, 15) is 4.79 Å². The number of nitrogens with two attached hydrogens (primary N) is 1. The molecule has 3 N–H and O–H groups in total. The van der Waals surface area contributed by atoms with Crippen LogP contribution < -0.4 is 11.1 Å². The van der Waals surface area contributed by atoms with Crippen LogP contribution in [0.1, 0.15) is 5.56 Å². The highest BCUT2D eigenvalue weighted by atomic mass is 35.5. The topological polar surface area (TPSA) is 68.0 Å². The van der Waals surface area contributed by atoms with Crippen LogP contribution in [0.5, 0.6) is 0 Å². The summed E-state index contributed by atoms with van der Waals surface area (Å²) in [6.07, 6.45) is 1.58. The molecule has 0 aliphatic rings. The van der Waals surface area contributed by atoms with Gasteiger partial charge in [0.25, 0.3) is 0 Å². The predicted octanol–water partition coefficient (Wildman–Crippen LogP) is 0.941. The first-order chi connectivity index (χ1) is 6.15. The van der Waals surface area contributed by atoms with E-state index in [1.165, 1.54) is 0 Å². The number of carbonyl (C=O) groups excluding carboxylic acids is 1. The molecule has 0 radical (unpaired) electrons. The summed E-state index contributed by atoms with van der Waals surface area (Å²) in [6, 6.07) is 1.76. The van der Waals surface area contributed by atoms with E-state index in [-0.39, 0.29) is 17.6 Å². The molecule has 0 aliphatic heterocycles. The number of amides is 1. The molecule has 0 saturated heterocycles. The normalized spacial score (nSPS) is 9.77. The molecule has 13 heavy (non-hydrogen) atoms. The quantitative estimate of drug-likeness (QED) is 0.697. The molecular weight excluding hydrogens is 190 g/mol. The number of rotatable bonds is 2. The lowest BCUT2D eigenvalue weighted by molar-refractivity contribution is -0.114. The molecule has 0 aromatic carbocycles. The van der Waals surface area contributed by atoms with Crippen molar-refractivity contribution in [1.82, 2.24) is 4.98 Å². The van der Waals surface area contributed by atoms with Gasteiger partial charge in [0.15, 0.2) is 5.15 Å². The van der Waals surface area contributed by atoms with Gasteiger partial charge in [0.2, 0.25) is 5.91 Å². The Morgan fingerprint density at radius 2 is 2.46 bits per heavy atom. The number of carbonyl (C=O) groups is 1. The molecule has 4 nitrogen and oxygen atoms in total. The van der Waals surface area contributed by atoms with Crippen LogP contribution in [0.15, 0.2) is 12.3 Å². The van der Waals surface area contributed by atoms with Crippen molar-refractivity contribution in [2.24, 2.45) is 5.73 Å². The monoisotopic (exact) mass is 199 g/mol. The number of nitrogens with zero attached hydrogens (tertiary/aromatic N) is 1. The smallest absolute Gasteiger partial charge is 0.238 e. The van der Waals surface area contributed by atoms with Crippen molar-refractivity contribution >= 4 is 23.2 Å². The fourth-order valence-electron chi connectivity index (χ4n) is 0.866. The van der Waals surface area contributed by atoms with Crippen molar-refractivity contribution in [3.63, 3.8) is 0 Å². The summed E-state index contributed by atoms with van der Waals surface area (Å²) >= 11 is 5.76. The second kappa shape index (κ2) is 4.20. The van der Waals surface area contributed by atoms with Crippen molar-refractivity contribution in [2.45, 2.75) is 6.92 Å². The number of nitrogens with one attached hydrogen (secondary N) is 1. The fraction of sp³-hybridized carbons (Fsp3) is 0.250. The van der Waals surface area contributed by atoms with Crippen molar-refractivity contribution in [2.75, 3.05) is 11.9 Å². The first-order valence-corrected chi connectivity index (χ1v) is 4.14. The number of aromatic nitrogens is 1. The maximum atomic E-state index is 11.0. The first-order valence-electron chi connectivity index (χ1n) is 3.76. The average molecular weight is 200 g/mol. The zero-order valence-corrected chi connectivity index (χ0v) is 7.93. The number of anilines is 1. The van der Waals surface area contributed by atoms with Crippen LogP contribution in [-0.4, -0.2) is 17.4 Å². The number of pyridine rings is 1. The number of hydrogen-bond donors (Lipinski definition) is 2. The van der Waals surface area contributed by atoms with Crippen LogP contribution >= 0.6 is 11.6 Å². The molecule has 0 aliphatic carbocycles. The summed E-state index contributed by atoms with van der Waals surface area (Å²) in [7, 11) is 0. The highest BCUT2D eigenvalue weighted by Gasteiger charge is 2.07. The summed E-state index contributed by atoms with van der Waals surface area (Å²) in [5, 5.41) is 2.85. The summed E-state index contributed by atoms with van der Waals surface area (Å²) in [6.45, 7) is 1.77. The van der Waals surface area contributed by atoms with Crippen molar-refractivity contribution in [1.29, 1.82) is 0 Å². The van der Waals surface area contributed by atoms with Gasteiger partial charge in [-0.3, -0.25) is 4.79 Å². The van der Waals surface area contributed by atoms with E-state index in [4.69, 9.17) is 17.3 Å². The molecule has 1 amide bonds. The second-order valence-electron chi connectivity index (χ2n) is 2.55. The molecular formula is C8H10ClN3O. The van der Waals surface area contributed by atoms with Crippen molar-refractivity contribution < 1.29 is 4.79 Å². The van der Waals surface area contributed by atoms with Gasteiger partial charge < -0.3 is 11.1 Å². The lowest BCUT2D eigenvalue weighted by Crippen LogP contribution is -2.22. The van der Waals surface area contributed by atoms with Gasteiger partial charge in [-0.2, -0.15) is 0 Å². The summed E-state index contributed by atoms with van der Waals surface area (Å²) in [5.41, 5.74) is 6.53. The fourth-order valence-corrected chi connectivity index (χ4v) is 1.12. The average Bonchev–Trinajstić information content (AvgIpc) is 2.11. The molecule has 0 unspecified atom stereocenters. The molecule has 0 atom stereocenters. The van der Waals surface area contributed by atoms with Gasteiger partial charge in [0, 0.05) is 6.20 Å². The Balaban J connectivity index is 2.93. The van der Waals surface area contributed by atoms with Gasteiger partial charge >= 0.3 is 0 Å². The summed E-state index contributed by atoms with van der Waals surface area (Å²) in [5.74, 6) is -0.280. The van der Waals surface area contributed by atoms with Crippen LogP contribution in [-0.2, 0) is 4.79 Å². The summed E-state index contributed by atoms with van der Waals surface area (Å²) < 4.78 is 0. The molecule has 0 bridgehead atoms. The molecule has 1 aromatic rings. The van der Waals surface area contributed by atoms with Crippen LogP contribution in [0.25, 0.3) is 0 Å². The maximum absolute atomic E-state index is 11.0. The standard InChI is InChI=1S/C8H10ClN3O/c1-5-2-3-11-8(9)7(5)12-6(13)4-10/h2-3H,4,10H2,1H3,(H,12,13). The third-order valence-electron chi connectivity index (χ3n) is 1.56. The van der Waals surface area contributed by atoms with E-state index in [1.54, 1.807) is 12.3 Å². The van der Waals surface area contributed by atoms with Gasteiger partial charge in [-0.05, 0) is 18.6 Å². The molecule has 5 heteroatoms. The van der Waals surface area contributed by atoms with Crippen LogP contribution in [0.2, 0.25) is 5.15 Å². The molecule has 1 rings (SSSR count). The van der Waals surface area contributed by atoms with E-state index >= 15 is 0 Å². The van der Waals surface area contributed by atoms with Crippen LogP contribution in [0, 0.1) is 6.92 Å². The van der Waals surface area contributed by atoms with Gasteiger partial charge in [-0.25, -0.2) is 4.98 Å². The maximum Gasteiger partial charge on any atom is 0.238 e. The number of aryl methyl sites for hydroxylation is 1. The third-order valence-corrected chi connectivity index (χ3v) is 1.85. The SMILES string of the molecule is Cc1ccnc(Cl)c1NC(=O)CN. The van der Waals surface area contributed by atoms with Gasteiger partial charge in [0.1, 0.15) is 0 Å². The lowest BCUT2D eigenvalue weighted by atomic mass is 10.2. The zero-order chi connectivity index (χ0) is 9.84. The van der Waals surface area contributed by atoms with Gasteiger partial charge in [0.05, 0.1) is 12.2 Å².